The average molecular weight is 326 g/mol. The van der Waals surface area contributed by atoms with E-state index in [4.69, 9.17) is 4.74 Å². The molecule has 1 saturated heterocycles. The van der Waals surface area contributed by atoms with Crippen LogP contribution in [-0.2, 0) is 0 Å². The molecule has 0 spiro atoms. The fourth-order valence-electron chi connectivity index (χ4n) is 3.14. The molecule has 2 aromatic rings. The van der Waals surface area contributed by atoms with Crippen molar-refractivity contribution in [2.75, 3.05) is 31.7 Å². The lowest BCUT2D eigenvalue weighted by atomic mass is 9.97. The molecule has 1 N–H and O–H groups in total. The lowest BCUT2D eigenvalue weighted by Gasteiger charge is -2.21. The van der Waals surface area contributed by atoms with E-state index in [1.54, 1.807) is 35.4 Å². The van der Waals surface area contributed by atoms with Crippen molar-refractivity contribution in [2.45, 2.75) is 6.18 Å². The van der Waals surface area contributed by atoms with Crippen molar-refractivity contribution < 1.29 is 23.0 Å². The number of halogens is 3. The third kappa shape index (κ3) is 2.93. The van der Waals surface area contributed by atoms with Gasteiger partial charge in [0.2, 0.25) is 0 Å². The van der Waals surface area contributed by atoms with E-state index >= 15 is 0 Å². The maximum Gasteiger partial charge on any atom is 0.393 e. The van der Waals surface area contributed by atoms with E-state index in [0.717, 1.165) is 5.39 Å². The van der Waals surface area contributed by atoms with Gasteiger partial charge in [-0.05, 0) is 24.3 Å². The molecule has 1 aromatic heterocycles. The molecular formula is C16H17F3N2O2. The number of anilines is 1. The van der Waals surface area contributed by atoms with Gasteiger partial charge in [-0.2, -0.15) is 13.2 Å². The summed E-state index contributed by atoms with van der Waals surface area (Å²) in [6.45, 7) is -0.477. The van der Waals surface area contributed by atoms with Crippen molar-refractivity contribution in [1.29, 1.82) is 0 Å². The molecule has 1 aliphatic heterocycles. The number of fused-ring (bicyclic) bond motifs is 1. The van der Waals surface area contributed by atoms with Crippen molar-refractivity contribution in [3.8, 4) is 5.75 Å². The van der Waals surface area contributed by atoms with E-state index in [1.807, 2.05) is 0 Å². The van der Waals surface area contributed by atoms with Crippen LogP contribution in [0.5, 0.6) is 5.75 Å². The molecule has 1 aromatic carbocycles. The van der Waals surface area contributed by atoms with Crippen molar-refractivity contribution in [3.05, 3.63) is 30.5 Å². The summed E-state index contributed by atoms with van der Waals surface area (Å²) in [5.74, 6) is -1.72. The van der Waals surface area contributed by atoms with Crippen LogP contribution in [0.1, 0.15) is 0 Å². The molecule has 2 atom stereocenters. The Kier molecular flexibility index (Phi) is 4.06. The van der Waals surface area contributed by atoms with Gasteiger partial charge in [0.25, 0.3) is 0 Å². The van der Waals surface area contributed by atoms with Gasteiger partial charge in [-0.1, -0.05) is 0 Å². The van der Waals surface area contributed by atoms with Crippen molar-refractivity contribution in [1.82, 2.24) is 4.98 Å². The van der Waals surface area contributed by atoms with Crippen molar-refractivity contribution in [3.63, 3.8) is 0 Å². The Morgan fingerprint density at radius 3 is 2.70 bits per heavy atom. The minimum absolute atomic E-state index is 0.162. The predicted molar refractivity (Wildman–Crippen MR) is 80.6 cm³/mol. The van der Waals surface area contributed by atoms with Gasteiger partial charge in [-0.25, -0.2) is 0 Å². The Bertz CT molecular complexity index is 705. The number of hydrogen-bond acceptors (Lipinski definition) is 4. The van der Waals surface area contributed by atoms with Crippen molar-refractivity contribution in [2.24, 2.45) is 11.8 Å². The highest BCUT2D eigenvalue weighted by Crippen LogP contribution is 2.40. The molecule has 7 heteroatoms. The van der Waals surface area contributed by atoms with Crippen LogP contribution in [0.3, 0.4) is 0 Å². The summed E-state index contributed by atoms with van der Waals surface area (Å²) in [6, 6.07) is 7.01. The molecule has 0 aliphatic carbocycles. The zero-order valence-corrected chi connectivity index (χ0v) is 12.5. The summed E-state index contributed by atoms with van der Waals surface area (Å²) in [5.41, 5.74) is 1.37. The van der Waals surface area contributed by atoms with Gasteiger partial charge < -0.3 is 14.7 Å². The number of hydrogen-bond donors (Lipinski definition) is 1. The molecule has 0 radical (unpaired) electrons. The Labute approximate surface area is 131 Å². The molecule has 0 bridgehead atoms. The minimum atomic E-state index is -4.32. The van der Waals surface area contributed by atoms with Gasteiger partial charge in [-0.15, -0.1) is 0 Å². The van der Waals surface area contributed by atoms with Crippen LogP contribution in [0, 0.1) is 11.8 Å². The van der Waals surface area contributed by atoms with Gasteiger partial charge in [0, 0.05) is 42.9 Å². The molecular weight excluding hydrogens is 309 g/mol. The second kappa shape index (κ2) is 5.88. The highest BCUT2D eigenvalue weighted by atomic mass is 19.4. The van der Waals surface area contributed by atoms with Crippen LogP contribution in [0.4, 0.5) is 18.9 Å². The van der Waals surface area contributed by atoms with Gasteiger partial charge in [-0.3, -0.25) is 4.98 Å². The number of alkyl halides is 3. The summed E-state index contributed by atoms with van der Waals surface area (Å²) in [7, 11) is 1.54. The Balaban J connectivity index is 2.00. The summed E-state index contributed by atoms with van der Waals surface area (Å²) in [6.07, 6.45) is -2.73. The number of aromatic nitrogens is 1. The van der Waals surface area contributed by atoms with Crippen molar-refractivity contribution >= 4 is 16.6 Å². The number of ether oxygens (including phenoxy) is 1. The first-order valence-corrected chi connectivity index (χ1v) is 7.29. The van der Waals surface area contributed by atoms with Crippen LogP contribution in [-0.4, -0.2) is 43.1 Å². The SMILES string of the molecule is COc1ccc2nccc(N3C[C@@H](CO)[C@H](C(F)(F)F)C3)c2c1. The largest absolute Gasteiger partial charge is 0.497 e. The number of nitrogens with zero attached hydrogens (tertiary/aromatic N) is 2. The van der Waals surface area contributed by atoms with Gasteiger partial charge in [0.1, 0.15) is 5.75 Å². The molecule has 3 rings (SSSR count). The van der Waals surface area contributed by atoms with Crippen LogP contribution >= 0.6 is 0 Å². The predicted octanol–water partition coefficient (Wildman–Crippen LogP) is 2.85. The number of aliphatic hydroxyl groups excluding tert-OH is 1. The van der Waals surface area contributed by atoms with E-state index in [1.165, 1.54) is 7.11 Å². The van der Waals surface area contributed by atoms with Crippen LogP contribution in [0.15, 0.2) is 30.5 Å². The molecule has 1 aliphatic rings. The number of aliphatic hydroxyl groups is 1. The Morgan fingerprint density at radius 1 is 1.30 bits per heavy atom. The average Bonchev–Trinajstić information content (AvgIpc) is 2.98. The van der Waals surface area contributed by atoms with Gasteiger partial charge >= 0.3 is 6.18 Å². The quantitative estimate of drug-likeness (QED) is 0.942. The van der Waals surface area contributed by atoms with Gasteiger partial charge in [0.15, 0.2) is 0 Å². The molecule has 23 heavy (non-hydrogen) atoms. The van der Waals surface area contributed by atoms with E-state index in [-0.39, 0.29) is 13.1 Å². The standard InChI is InChI=1S/C16H17F3N2O2/c1-23-11-2-3-14-12(6-11)15(4-5-20-14)21-7-10(9-22)13(8-21)16(17,18)19/h2-6,10,13,22H,7-9H2,1H3/t10-,13+/m0/s1. The molecule has 0 amide bonds. The van der Waals surface area contributed by atoms with E-state index in [9.17, 15) is 18.3 Å². The second-order valence-corrected chi connectivity index (χ2v) is 5.71. The first-order chi connectivity index (χ1) is 10.9. The fourth-order valence-corrected chi connectivity index (χ4v) is 3.14. The summed E-state index contributed by atoms with van der Waals surface area (Å²) >= 11 is 0. The fraction of sp³-hybridized carbons (Fsp3) is 0.438. The Morgan fingerprint density at radius 2 is 2.09 bits per heavy atom. The molecule has 0 unspecified atom stereocenters. The summed E-state index contributed by atoms with van der Waals surface area (Å²) < 4.78 is 44.6. The number of methoxy groups -OCH3 is 1. The third-order valence-corrected chi connectivity index (χ3v) is 4.36. The summed E-state index contributed by atoms with van der Waals surface area (Å²) in [5, 5.41) is 10.0. The van der Waals surface area contributed by atoms with Crippen LogP contribution < -0.4 is 9.64 Å². The molecule has 1 fully saturated rings. The topological polar surface area (TPSA) is 45.6 Å². The number of pyridine rings is 1. The molecule has 124 valence electrons. The zero-order valence-electron chi connectivity index (χ0n) is 12.5. The van der Waals surface area contributed by atoms with E-state index in [0.29, 0.717) is 17.0 Å². The van der Waals surface area contributed by atoms with Gasteiger partial charge in [0.05, 0.1) is 18.5 Å². The van der Waals surface area contributed by atoms with E-state index < -0.39 is 24.6 Å². The molecule has 2 heterocycles. The van der Waals surface area contributed by atoms with E-state index in [2.05, 4.69) is 4.98 Å². The Hall–Kier alpha value is -2.02. The maximum absolute atomic E-state index is 13.1. The third-order valence-electron chi connectivity index (χ3n) is 4.36. The lowest BCUT2D eigenvalue weighted by Crippen LogP contribution is -2.31. The monoisotopic (exact) mass is 326 g/mol. The lowest BCUT2D eigenvalue weighted by molar-refractivity contribution is -0.181. The highest BCUT2D eigenvalue weighted by Gasteiger charge is 2.49. The minimum Gasteiger partial charge on any atom is -0.497 e. The smallest absolute Gasteiger partial charge is 0.393 e. The maximum atomic E-state index is 13.1. The molecule has 4 nitrogen and oxygen atoms in total. The molecule has 0 saturated carbocycles. The second-order valence-electron chi connectivity index (χ2n) is 5.71. The number of benzene rings is 1. The highest BCUT2D eigenvalue weighted by molar-refractivity contribution is 5.92. The van der Waals surface area contributed by atoms with Crippen LogP contribution in [0.2, 0.25) is 0 Å². The normalized spacial score (nSPS) is 21.9. The zero-order chi connectivity index (χ0) is 16.6. The first kappa shape index (κ1) is 15.9. The summed E-state index contributed by atoms with van der Waals surface area (Å²) in [4.78, 5) is 5.91. The first-order valence-electron chi connectivity index (χ1n) is 7.29. The van der Waals surface area contributed by atoms with Crippen LogP contribution in [0.25, 0.3) is 10.9 Å². The number of rotatable bonds is 3.